The summed E-state index contributed by atoms with van der Waals surface area (Å²) < 4.78 is 2.32. The van der Waals surface area contributed by atoms with Gasteiger partial charge in [0.15, 0.2) is 5.82 Å². The second-order valence-corrected chi connectivity index (χ2v) is 11.6. The summed E-state index contributed by atoms with van der Waals surface area (Å²) in [6.07, 6.45) is 3.78. The van der Waals surface area contributed by atoms with E-state index in [1.54, 1.807) is 30.6 Å². The molecule has 0 amide bonds. The molecular formula is C26H31N7OS. The molecule has 8 nitrogen and oxygen atoms in total. The molecular weight excluding hydrogens is 458 g/mol. The lowest BCUT2D eigenvalue weighted by molar-refractivity contribution is 0.160. The number of hydrogen-bond acceptors (Lipinski definition) is 8. The van der Waals surface area contributed by atoms with Crippen LogP contribution in [-0.2, 0) is 7.05 Å². The molecule has 9 heteroatoms. The number of aryl methyl sites for hydroxylation is 1. The fourth-order valence-corrected chi connectivity index (χ4v) is 6.24. The minimum atomic E-state index is -0.143. The summed E-state index contributed by atoms with van der Waals surface area (Å²) >= 11 is 1.54. The number of anilines is 1. The zero-order chi connectivity index (χ0) is 25.0. The van der Waals surface area contributed by atoms with Gasteiger partial charge in [-0.1, -0.05) is 6.07 Å². The fourth-order valence-electron chi connectivity index (χ4n) is 5.39. The number of fused-ring (bicyclic) bond motifs is 1. The van der Waals surface area contributed by atoms with Gasteiger partial charge in [-0.15, -0.1) is 21.5 Å². The molecule has 0 bridgehead atoms. The molecule has 0 unspecified atom stereocenters. The van der Waals surface area contributed by atoms with Gasteiger partial charge >= 0.3 is 0 Å². The lowest BCUT2D eigenvalue weighted by Crippen LogP contribution is -2.62. The highest BCUT2D eigenvalue weighted by Gasteiger charge is 2.39. The van der Waals surface area contributed by atoms with Crippen molar-refractivity contribution in [2.75, 3.05) is 11.9 Å². The molecule has 1 N–H and O–H groups in total. The average molecular weight is 490 g/mol. The van der Waals surface area contributed by atoms with E-state index in [-0.39, 0.29) is 16.6 Å². The van der Waals surface area contributed by atoms with Crippen LogP contribution in [0.3, 0.4) is 0 Å². The van der Waals surface area contributed by atoms with Crippen molar-refractivity contribution in [3.05, 3.63) is 52.4 Å². The number of aromatic nitrogens is 5. The topological polar surface area (TPSA) is 88.8 Å². The third kappa shape index (κ3) is 4.58. The first-order chi connectivity index (χ1) is 16.5. The molecule has 0 radical (unpaired) electrons. The van der Waals surface area contributed by atoms with Crippen molar-refractivity contribution in [2.45, 2.75) is 57.7 Å². The van der Waals surface area contributed by atoms with E-state index in [1.165, 1.54) is 4.68 Å². The van der Waals surface area contributed by atoms with Gasteiger partial charge in [-0.05, 0) is 58.7 Å². The number of rotatable bonds is 4. The molecule has 4 aromatic rings. The summed E-state index contributed by atoms with van der Waals surface area (Å²) in [4.78, 5) is 19.0. The van der Waals surface area contributed by atoms with Crippen molar-refractivity contribution in [1.82, 2.24) is 30.3 Å². The first-order valence-corrected chi connectivity index (χ1v) is 12.7. The third-order valence-electron chi connectivity index (χ3n) is 6.77. The Balaban J connectivity index is 1.45. The maximum absolute atomic E-state index is 12.1. The second-order valence-electron chi connectivity index (χ2n) is 10.7. The minimum absolute atomic E-state index is 0.0600. The van der Waals surface area contributed by atoms with Crippen molar-refractivity contribution in [1.29, 1.82) is 0 Å². The SMILES string of the molecule is CN(c1ccc(-c2ccc(-c3cnn(C)c(=O)c3)c3scnc23)nn1)C1CC(C)(C)NC(C)(C)C1. The van der Waals surface area contributed by atoms with Crippen LogP contribution >= 0.6 is 11.3 Å². The lowest BCUT2D eigenvalue weighted by Gasteiger charge is -2.49. The first-order valence-electron chi connectivity index (χ1n) is 11.8. The van der Waals surface area contributed by atoms with Crippen molar-refractivity contribution < 1.29 is 0 Å². The van der Waals surface area contributed by atoms with E-state index >= 15 is 0 Å². The highest BCUT2D eigenvalue weighted by Crippen LogP contribution is 2.37. The molecule has 0 spiro atoms. The molecule has 0 saturated carbocycles. The number of hydrogen-bond donors (Lipinski definition) is 1. The highest BCUT2D eigenvalue weighted by atomic mass is 32.1. The number of benzene rings is 1. The summed E-state index contributed by atoms with van der Waals surface area (Å²) in [6.45, 7) is 9.04. The molecule has 1 aliphatic heterocycles. The van der Waals surface area contributed by atoms with E-state index in [0.29, 0.717) is 6.04 Å². The Hall–Kier alpha value is -3.17. The van der Waals surface area contributed by atoms with Crippen molar-refractivity contribution in [2.24, 2.45) is 7.05 Å². The molecule has 3 aromatic heterocycles. The van der Waals surface area contributed by atoms with Gasteiger partial charge < -0.3 is 10.2 Å². The van der Waals surface area contributed by atoms with Crippen LogP contribution in [0.25, 0.3) is 32.6 Å². The summed E-state index contributed by atoms with van der Waals surface area (Å²) in [5.74, 6) is 0.865. The summed E-state index contributed by atoms with van der Waals surface area (Å²) in [5, 5.41) is 17.1. The zero-order valence-corrected chi connectivity index (χ0v) is 21.8. The van der Waals surface area contributed by atoms with Gasteiger partial charge in [0, 0.05) is 54.0 Å². The molecule has 35 heavy (non-hydrogen) atoms. The Morgan fingerprint density at radius 2 is 1.77 bits per heavy atom. The Morgan fingerprint density at radius 3 is 2.43 bits per heavy atom. The maximum atomic E-state index is 12.1. The molecule has 1 fully saturated rings. The van der Waals surface area contributed by atoms with E-state index < -0.39 is 0 Å². The zero-order valence-electron chi connectivity index (χ0n) is 21.0. The van der Waals surface area contributed by atoms with Gasteiger partial charge in [-0.3, -0.25) is 4.79 Å². The monoisotopic (exact) mass is 489 g/mol. The van der Waals surface area contributed by atoms with Gasteiger partial charge in [0.25, 0.3) is 5.56 Å². The fraction of sp³-hybridized carbons (Fsp3) is 0.423. The van der Waals surface area contributed by atoms with Gasteiger partial charge in [-0.2, -0.15) is 5.10 Å². The Morgan fingerprint density at radius 1 is 1.06 bits per heavy atom. The molecule has 0 atom stereocenters. The van der Waals surface area contributed by atoms with Gasteiger partial charge in [0.2, 0.25) is 0 Å². The minimum Gasteiger partial charge on any atom is -0.355 e. The van der Waals surface area contributed by atoms with E-state index in [2.05, 4.69) is 65.2 Å². The molecule has 4 heterocycles. The summed E-state index contributed by atoms with van der Waals surface area (Å²) in [7, 11) is 3.75. The van der Waals surface area contributed by atoms with Crippen molar-refractivity contribution in [3.8, 4) is 22.4 Å². The standard InChI is InChI=1S/C26H31N7OS/c1-25(2)12-17(13-26(3,4)31-25)32(5)21-10-9-20(29-30-21)19-8-7-18(24-23(19)27-15-35-24)16-11-22(34)33(6)28-14-16/h7-11,14-15,17,31H,12-13H2,1-6H3. The molecule has 5 rings (SSSR count). The Kier molecular flexibility index (Phi) is 5.72. The predicted molar refractivity (Wildman–Crippen MR) is 142 cm³/mol. The molecule has 182 valence electrons. The van der Waals surface area contributed by atoms with E-state index in [4.69, 9.17) is 0 Å². The lowest BCUT2D eigenvalue weighted by atomic mass is 9.79. The largest absolute Gasteiger partial charge is 0.355 e. The van der Waals surface area contributed by atoms with Crippen LogP contribution in [0.15, 0.2) is 46.8 Å². The molecule has 1 aromatic carbocycles. The van der Waals surface area contributed by atoms with Crippen LogP contribution in [0.1, 0.15) is 40.5 Å². The van der Waals surface area contributed by atoms with Crippen LogP contribution in [0, 0.1) is 0 Å². The van der Waals surface area contributed by atoms with Crippen LogP contribution < -0.4 is 15.8 Å². The first kappa shape index (κ1) is 23.6. The average Bonchev–Trinajstić information content (AvgIpc) is 3.28. The summed E-state index contributed by atoms with van der Waals surface area (Å²) in [6, 6.07) is 10.0. The van der Waals surface area contributed by atoms with Crippen LogP contribution in [-0.4, -0.2) is 49.1 Å². The van der Waals surface area contributed by atoms with Gasteiger partial charge in [0.1, 0.15) is 0 Å². The van der Waals surface area contributed by atoms with Gasteiger partial charge in [-0.25, -0.2) is 9.67 Å². The molecule has 1 saturated heterocycles. The van der Waals surface area contributed by atoms with E-state index in [1.807, 2.05) is 29.8 Å². The van der Waals surface area contributed by atoms with Crippen molar-refractivity contribution >= 4 is 27.4 Å². The molecule has 0 aliphatic carbocycles. The summed E-state index contributed by atoms with van der Waals surface area (Å²) in [5.41, 5.74) is 6.07. The van der Waals surface area contributed by atoms with Gasteiger partial charge in [0.05, 0.1) is 27.6 Å². The number of nitrogens with zero attached hydrogens (tertiary/aromatic N) is 6. The third-order valence-corrected chi connectivity index (χ3v) is 7.63. The quantitative estimate of drug-likeness (QED) is 0.458. The Labute approximate surface area is 209 Å². The van der Waals surface area contributed by atoms with E-state index in [0.717, 1.165) is 51.3 Å². The predicted octanol–water partition coefficient (Wildman–Crippen LogP) is 4.26. The Bertz CT molecular complexity index is 1420. The second kappa shape index (κ2) is 8.49. The number of thiazole rings is 1. The maximum Gasteiger partial charge on any atom is 0.267 e. The van der Waals surface area contributed by atoms with Crippen molar-refractivity contribution in [3.63, 3.8) is 0 Å². The van der Waals surface area contributed by atoms with E-state index in [9.17, 15) is 4.79 Å². The van der Waals surface area contributed by atoms with Crippen LogP contribution in [0.5, 0.6) is 0 Å². The number of piperidine rings is 1. The highest BCUT2D eigenvalue weighted by molar-refractivity contribution is 7.17. The number of nitrogens with one attached hydrogen (secondary N) is 1. The molecule has 1 aliphatic rings. The van der Waals surface area contributed by atoms with Crippen LogP contribution in [0.2, 0.25) is 0 Å². The normalized spacial score (nSPS) is 17.5. The smallest absolute Gasteiger partial charge is 0.267 e. The van der Waals surface area contributed by atoms with Crippen LogP contribution in [0.4, 0.5) is 5.82 Å².